The van der Waals surface area contributed by atoms with Gasteiger partial charge >= 0.3 is 0 Å². The molecule has 3 unspecified atom stereocenters. The van der Waals surface area contributed by atoms with Crippen LogP contribution in [0.15, 0.2) is 0 Å². The zero-order valence-corrected chi connectivity index (χ0v) is 14.0. The van der Waals surface area contributed by atoms with Crippen LogP contribution in [0.25, 0.3) is 0 Å². The summed E-state index contributed by atoms with van der Waals surface area (Å²) in [6.07, 6.45) is 0.778. The summed E-state index contributed by atoms with van der Waals surface area (Å²) in [7, 11) is 2.15. The largest absolute Gasteiger partial charge is 0.390 e. The molecule has 0 aromatic rings. The van der Waals surface area contributed by atoms with E-state index in [1.165, 1.54) is 6.42 Å². The maximum Gasteiger partial charge on any atom is 0.0896 e. The van der Waals surface area contributed by atoms with E-state index in [1.54, 1.807) is 0 Å². The number of hydrogen-bond donors (Lipinski definition) is 1. The van der Waals surface area contributed by atoms with Crippen LogP contribution in [-0.4, -0.2) is 46.9 Å². The molecule has 1 saturated heterocycles. The fraction of sp³-hybridized carbons (Fsp3) is 1.00. The van der Waals surface area contributed by atoms with Crippen molar-refractivity contribution in [3.05, 3.63) is 0 Å². The van der Waals surface area contributed by atoms with Gasteiger partial charge in [-0.3, -0.25) is 0 Å². The topological polar surface area (TPSA) is 32.7 Å². The molecule has 0 spiro atoms. The molecule has 1 fully saturated rings. The van der Waals surface area contributed by atoms with Crippen molar-refractivity contribution in [1.29, 1.82) is 0 Å². The third-order valence-electron chi connectivity index (χ3n) is 4.56. The highest BCUT2D eigenvalue weighted by molar-refractivity contribution is 5.02. The highest BCUT2D eigenvalue weighted by Gasteiger charge is 2.53. The SMILES string of the molecule is CC(C)CC(C)N(C)CC1C(O)C(C)(C)OC1(C)C. The van der Waals surface area contributed by atoms with Crippen LogP contribution in [0.2, 0.25) is 0 Å². The first-order chi connectivity index (χ1) is 8.47. The minimum Gasteiger partial charge on any atom is -0.390 e. The average molecular weight is 271 g/mol. The van der Waals surface area contributed by atoms with Gasteiger partial charge in [-0.25, -0.2) is 0 Å². The fourth-order valence-corrected chi connectivity index (χ4v) is 3.35. The lowest BCUT2D eigenvalue weighted by Gasteiger charge is -2.34. The monoisotopic (exact) mass is 271 g/mol. The van der Waals surface area contributed by atoms with Crippen molar-refractivity contribution in [2.24, 2.45) is 11.8 Å². The predicted molar refractivity (Wildman–Crippen MR) is 80.3 cm³/mol. The van der Waals surface area contributed by atoms with Crippen molar-refractivity contribution < 1.29 is 9.84 Å². The molecule has 0 aliphatic carbocycles. The smallest absolute Gasteiger partial charge is 0.0896 e. The van der Waals surface area contributed by atoms with E-state index in [1.807, 2.05) is 13.8 Å². The lowest BCUT2D eigenvalue weighted by atomic mass is 9.84. The first kappa shape index (κ1) is 16.9. The first-order valence-electron chi connectivity index (χ1n) is 7.56. The molecule has 0 saturated carbocycles. The van der Waals surface area contributed by atoms with Gasteiger partial charge < -0.3 is 14.7 Å². The molecule has 3 heteroatoms. The molecule has 1 aliphatic rings. The van der Waals surface area contributed by atoms with Crippen molar-refractivity contribution in [3.63, 3.8) is 0 Å². The van der Waals surface area contributed by atoms with E-state index in [2.05, 4.69) is 46.6 Å². The Hall–Kier alpha value is -0.120. The van der Waals surface area contributed by atoms with Gasteiger partial charge in [0.15, 0.2) is 0 Å². The fourth-order valence-electron chi connectivity index (χ4n) is 3.35. The van der Waals surface area contributed by atoms with Crippen molar-refractivity contribution in [3.8, 4) is 0 Å². The van der Waals surface area contributed by atoms with E-state index in [-0.39, 0.29) is 11.5 Å². The maximum absolute atomic E-state index is 10.5. The van der Waals surface area contributed by atoms with Gasteiger partial charge in [0.25, 0.3) is 0 Å². The van der Waals surface area contributed by atoms with Crippen molar-refractivity contribution in [1.82, 2.24) is 4.90 Å². The van der Waals surface area contributed by atoms with E-state index >= 15 is 0 Å². The molecule has 1 heterocycles. The summed E-state index contributed by atoms with van der Waals surface area (Å²) in [5, 5.41) is 10.5. The van der Waals surface area contributed by atoms with Crippen LogP contribution < -0.4 is 0 Å². The van der Waals surface area contributed by atoms with Crippen LogP contribution >= 0.6 is 0 Å². The Balaban J connectivity index is 2.70. The molecular weight excluding hydrogens is 238 g/mol. The Morgan fingerprint density at radius 2 is 1.63 bits per heavy atom. The van der Waals surface area contributed by atoms with E-state index in [9.17, 15) is 5.11 Å². The number of nitrogens with zero attached hydrogens (tertiary/aromatic N) is 1. The Labute approximate surface area is 119 Å². The Kier molecular flexibility index (Phi) is 5.09. The molecule has 3 atom stereocenters. The van der Waals surface area contributed by atoms with Crippen molar-refractivity contribution >= 4 is 0 Å². The van der Waals surface area contributed by atoms with Crippen molar-refractivity contribution in [2.45, 2.75) is 78.2 Å². The lowest BCUT2D eigenvalue weighted by molar-refractivity contribution is -0.0914. The molecule has 1 rings (SSSR count). The molecule has 0 amide bonds. The zero-order chi connectivity index (χ0) is 15.0. The van der Waals surface area contributed by atoms with Crippen molar-refractivity contribution in [2.75, 3.05) is 13.6 Å². The van der Waals surface area contributed by atoms with Gasteiger partial charge in [-0.1, -0.05) is 13.8 Å². The Morgan fingerprint density at radius 3 is 2.00 bits per heavy atom. The molecule has 19 heavy (non-hydrogen) atoms. The van der Waals surface area contributed by atoms with Crippen LogP contribution in [0, 0.1) is 11.8 Å². The summed E-state index contributed by atoms with van der Waals surface area (Å²) in [6, 6.07) is 0.534. The second kappa shape index (κ2) is 5.71. The molecule has 1 N–H and O–H groups in total. The van der Waals surface area contributed by atoms with Gasteiger partial charge in [0.1, 0.15) is 0 Å². The van der Waals surface area contributed by atoms with Gasteiger partial charge in [-0.05, 0) is 54.0 Å². The minimum atomic E-state index is -0.448. The van der Waals surface area contributed by atoms with Gasteiger partial charge in [0, 0.05) is 18.5 Å². The second-order valence-corrected chi connectivity index (χ2v) is 7.78. The van der Waals surface area contributed by atoms with E-state index in [0.717, 1.165) is 6.54 Å². The number of aliphatic hydroxyl groups excluding tert-OH is 1. The standard InChI is InChI=1S/C16H33NO2/c1-11(2)9-12(3)17(8)10-13-14(18)16(6,7)19-15(13,4)5/h11-14,18H,9-10H2,1-8H3. The molecular formula is C16H33NO2. The Morgan fingerprint density at radius 1 is 1.11 bits per heavy atom. The lowest BCUT2D eigenvalue weighted by Crippen LogP contribution is -2.44. The van der Waals surface area contributed by atoms with E-state index < -0.39 is 11.7 Å². The summed E-state index contributed by atoms with van der Waals surface area (Å²) < 4.78 is 6.05. The van der Waals surface area contributed by atoms with E-state index in [4.69, 9.17) is 4.74 Å². The average Bonchev–Trinajstić information content (AvgIpc) is 2.35. The van der Waals surface area contributed by atoms with Crippen LogP contribution in [-0.2, 0) is 4.74 Å². The Bertz CT molecular complexity index is 299. The van der Waals surface area contributed by atoms with Gasteiger partial charge in [-0.15, -0.1) is 0 Å². The van der Waals surface area contributed by atoms with Crippen LogP contribution in [0.4, 0.5) is 0 Å². The summed E-state index contributed by atoms with van der Waals surface area (Å²) in [4.78, 5) is 2.36. The second-order valence-electron chi connectivity index (χ2n) is 7.78. The van der Waals surface area contributed by atoms with Gasteiger partial charge in [-0.2, -0.15) is 0 Å². The van der Waals surface area contributed by atoms with Gasteiger partial charge in [0.2, 0.25) is 0 Å². The highest BCUT2D eigenvalue weighted by Crippen LogP contribution is 2.42. The predicted octanol–water partition coefficient (Wildman–Crippen LogP) is 2.92. The first-order valence-corrected chi connectivity index (χ1v) is 7.56. The molecule has 0 aromatic carbocycles. The molecule has 0 bridgehead atoms. The van der Waals surface area contributed by atoms with E-state index in [0.29, 0.717) is 12.0 Å². The normalized spacial score (nSPS) is 31.1. The number of ether oxygens (including phenoxy) is 1. The zero-order valence-electron chi connectivity index (χ0n) is 14.0. The number of hydrogen-bond acceptors (Lipinski definition) is 3. The molecule has 1 aliphatic heterocycles. The summed E-state index contributed by atoms with van der Waals surface area (Å²) in [5.41, 5.74) is -0.717. The van der Waals surface area contributed by atoms with Crippen LogP contribution in [0.5, 0.6) is 0 Å². The molecule has 0 aromatic heterocycles. The highest BCUT2D eigenvalue weighted by atomic mass is 16.5. The summed E-state index contributed by atoms with van der Waals surface area (Å²) >= 11 is 0. The molecule has 0 radical (unpaired) electrons. The quantitative estimate of drug-likeness (QED) is 0.834. The maximum atomic E-state index is 10.5. The van der Waals surface area contributed by atoms with Gasteiger partial charge in [0.05, 0.1) is 17.3 Å². The number of rotatable bonds is 5. The van der Waals surface area contributed by atoms with Crippen LogP contribution in [0.3, 0.4) is 0 Å². The number of aliphatic hydroxyl groups is 1. The third-order valence-corrected chi connectivity index (χ3v) is 4.56. The molecule has 114 valence electrons. The third kappa shape index (κ3) is 3.93. The summed E-state index contributed by atoms with van der Waals surface area (Å²) in [5.74, 6) is 0.855. The summed E-state index contributed by atoms with van der Waals surface area (Å²) in [6.45, 7) is 15.8. The molecule has 3 nitrogen and oxygen atoms in total. The van der Waals surface area contributed by atoms with Crippen LogP contribution in [0.1, 0.15) is 54.9 Å². The minimum absolute atomic E-state index is 0.155.